The zero-order valence-electron chi connectivity index (χ0n) is 11.6. The van der Waals surface area contributed by atoms with Crippen molar-refractivity contribution in [3.63, 3.8) is 0 Å². The molecule has 0 radical (unpaired) electrons. The first-order valence-corrected chi connectivity index (χ1v) is 8.03. The molecule has 110 valence electrons. The summed E-state index contributed by atoms with van der Waals surface area (Å²) in [5.41, 5.74) is -1.05. The van der Waals surface area contributed by atoms with Crippen LogP contribution in [0.25, 0.3) is 0 Å². The van der Waals surface area contributed by atoms with Gasteiger partial charge >= 0.3 is 0 Å². The van der Waals surface area contributed by atoms with Gasteiger partial charge in [0, 0.05) is 0 Å². The maximum Gasteiger partial charge on any atom is 0.247 e. The minimum Gasteiger partial charge on any atom is -0.279 e. The maximum atomic E-state index is 12.7. The second-order valence-corrected chi connectivity index (χ2v) is 6.72. The Labute approximate surface area is 123 Å². The van der Waals surface area contributed by atoms with Crippen molar-refractivity contribution in [1.82, 2.24) is 4.90 Å². The summed E-state index contributed by atoms with van der Waals surface area (Å²) in [6.07, 6.45) is 7.35. The minimum atomic E-state index is -1.05. The minimum absolute atomic E-state index is 0.143. The van der Waals surface area contributed by atoms with E-state index in [1.165, 1.54) is 4.90 Å². The predicted molar refractivity (Wildman–Crippen MR) is 74.0 cm³/mol. The molecule has 3 rings (SSSR count). The van der Waals surface area contributed by atoms with E-state index in [2.05, 4.69) is 0 Å². The van der Waals surface area contributed by atoms with Gasteiger partial charge in [0.05, 0.1) is 11.8 Å². The third-order valence-electron chi connectivity index (χ3n) is 5.32. The molecular weight excluding hydrogens is 278 g/mol. The van der Waals surface area contributed by atoms with Gasteiger partial charge in [0.15, 0.2) is 0 Å². The summed E-state index contributed by atoms with van der Waals surface area (Å²) >= 11 is 5.84. The molecule has 2 atom stereocenters. The fourth-order valence-corrected chi connectivity index (χ4v) is 4.50. The van der Waals surface area contributed by atoms with Crippen LogP contribution in [0, 0.1) is 11.8 Å². The van der Waals surface area contributed by atoms with Crippen molar-refractivity contribution in [2.75, 3.05) is 0 Å². The molecule has 0 N–H and O–H groups in total. The van der Waals surface area contributed by atoms with Crippen LogP contribution in [-0.2, 0) is 14.4 Å². The molecule has 3 fully saturated rings. The highest BCUT2D eigenvalue weighted by Crippen LogP contribution is 2.45. The van der Waals surface area contributed by atoms with Crippen molar-refractivity contribution in [1.29, 1.82) is 0 Å². The van der Waals surface area contributed by atoms with Gasteiger partial charge in [0.25, 0.3) is 0 Å². The van der Waals surface area contributed by atoms with E-state index in [4.69, 9.17) is 11.6 Å². The van der Waals surface area contributed by atoms with Gasteiger partial charge in [-0.3, -0.25) is 19.3 Å². The highest BCUT2D eigenvalue weighted by molar-refractivity contribution is 6.66. The zero-order valence-corrected chi connectivity index (χ0v) is 12.3. The Morgan fingerprint density at radius 2 is 1.45 bits per heavy atom. The Morgan fingerprint density at radius 1 is 0.950 bits per heavy atom. The van der Waals surface area contributed by atoms with E-state index in [1.54, 1.807) is 0 Å². The number of hydrogen-bond donors (Lipinski definition) is 0. The lowest BCUT2D eigenvalue weighted by molar-refractivity contribution is -0.153. The smallest absolute Gasteiger partial charge is 0.247 e. The molecule has 2 saturated carbocycles. The van der Waals surface area contributed by atoms with E-state index in [1.807, 2.05) is 0 Å². The van der Waals surface area contributed by atoms with Crippen molar-refractivity contribution in [2.45, 2.75) is 63.3 Å². The van der Waals surface area contributed by atoms with Gasteiger partial charge in [-0.25, -0.2) is 0 Å². The lowest BCUT2D eigenvalue weighted by Gasteiger charge is -2.40. The first kappa shape index (κ1) is 14.1. The number of hydrogen-bond acceptors (Lipinski definition) is 3. The SMILES string of the molecule is O=C1C2CCCCC2C(=O)N1C1(C(=O)Cl)CCCCC1. The average Bonchev–Trinajstić information content (AvgIpc) is 2.72. The van der Waals surface area contributed by atoms with Crippen LogP contribution in [0.1, 0.15) is 57.8 Å². The summed E-state index contributed by atoms with van der Waals surface area (Å²) in [7, 11) is 0. The van der Waals surface area contributed by atoms with E-state index >= 15 is 0 Å². The molecular formula is C15H20ClNO3. The number of rotatable bonds is 2. The van der Waals surface area contributed by atoms with Crippen LogP contribution in [0.15, 0.2) is 0 Å². The molecule has 0 aromatic heterocycles. The van der Waals surface area contributed by atoms with Crippen molar-refractivity contribution < 1.29 is 14.4 Å². The van der Waals surface area contributed by atoms with Crippen molar-refractivity contribution in [3.05, 3.63) is 0 Å². The summed E-state index contributed by atoms with van der Waals surface area (Å²) in [4.78, 5) is 38.6. The normalized spacial score (nSPS) is 33.1. The highest BCUT2D eigenvalue weighted by Gasteiger charge is 2.58. The Balaban J connectivity index is 1.96. The van der Waals surface area contributed by atoms with Gasteiger partial charge in [0.1, 0.15) is 5.54 Å². The first-order chi connectivity index (χ1) is 9.58. The summed E-state index contributed by atoms with van der Waals surface area (Å²) < 4.78 is 0. The molecule has 3 aliphatic rings. The predicted octanol–water partition coefficient (Wildman–Crippen LogP) is 2.63. The summed E-state index contributed by atoms with van der Waals surface area (Å²) in [6, 6.07) is 0. The molecule has 1 aliphatic heterocycles. The van der Waals surface area contributed by atoms with E-state index < -0.39 is 10.8 Å². The molecule has 2 amide bonds. The third-order valence-corrected chi connectivity index (χ3v) is 5.67. The fourth-order valence-electron chi connectivity index (χ4n) is 4.23. The van der Waals surface area contributed by atoms with Gasteiger partial charge < -0.3 is 0 Å². The second kappa shape index (κ2) is 5.14. The maximum absolute atomic E-state index is 12.7. The lowest BCUT2D eigenvalue weighted by atomic mass is 9.81. The molecule has 0 bridgehead atoms. The van der Waals surface area contributed by atoms with E-state index in [0.717, 1.165) is 44.9 Å². The van der Waals surface area contributed by atoms with Crippen LogP contribution in [0.5, 0.6) is 0 Å². The number of carbonyl (C=O) groups is 3. The Hall–Kier alpha value is -0.900. The van der Waals surface area contributed by atoms with Gasteiger partial charge in [-0.1, -0.05) is 32.1 Å². The Bertz CT molecular complexity index is 432. The van der Waals surface area contributed by atoms with Gasteiger partial charge in [-0.15, -0.1) is 0 Å². The van der Waals surface area contributed by atoms with Crippen LogP contribution in [0.4, 0.5) is 0 Å². The number of fused-ring (bicyclic) bond motifs is 1. The molecule has 5 heteroatoms. The van der Waals surface area contributed by atoms with E-state index in [-0.39, 0.29) is 23.7 Å². The van der Waals surface area contributed by atoms with Crippen LogP contribution in [0.3, 0.4) is 0 Å². The molecule has 2 aliphatic carbocycles. The number of likely N-dealkylation sites (tertiary alicyclic amines) is 1. The topological polar surface area (TPSA) is 54.5 Å². The number of halogens is 1. The van der Waals surface area contributed by atoms with Crippen LogP contribution in [-0.4, -0.2) is 27.5 Å². The third kappa shape index (κ3) is 1.92. The molecule has 2 unspecified atom stereocenters. The molecule has 1 heterocycles. The molecule has 4 nitrogen and oxygen atoms in total. The number of carbonyl (C=O) groups excluding carboxylic acids is 3. The summed E-state index contributed by atoms with van der Waals surface area (Å²) in [6.45, 7) is 0. The quantitative estimate of drug-likeness (QED) is 0.581. The van der Waals surface area contributed by atoms with Crippen LogP contribution in [0.2, 0.25) is 0 Å². The highest BCUT2D eigenvalue weighted by atomic mass is 35.5. The summed E-state index contributed by atoms with van der Waals surface area (Å²) in [5.74, 6) is -0.691. The van der Waals surface area contributed by atoms with E-state index in [0.29, 0.717) is 12.8 Å². The van der Waals surface area contributed by atoms with Crippen molar-refractivity contribution in [3.8, 4) is 0 Å². The Morgan fingerprint density at radius 3 is 1.90 bits per heavy atom. The monoisotopic (exact) mass is 297 g/mol. The fraction of sp³-hybridized carbons (Fsp3) is 0.800. The van der Waals surface area contributed by atoms with E-state index in [9.17, 15) is 14.4 Å². The molecule has 0 spiro atoms. The zero-order chi connectivity index (χ0) is 14.3. The largest absolute Gasteiger partial charge is 0.279 e. The number of amides is 2. The first-order valence-electron chi connectivity index (χ1n) is 7.66. The van der Waals surface area contributed by atoms with Gasteiger partial charge in [0.2, 0.25) is 17.1 Å². The van der Waals surface area contributed by atoms with Gasteiger partial charge in [-0.05, 0) is 37.3 Å². The van der Waals surface area contributed by atoms with Crippen LogP contribution < -0.4 is 0 Å². The molecule has 0 aromatic rings. The molecule has 1 saturated heterocycles. The average molecular weight is 298 g/mol. The number of nitrogens with zero attached hydrogens (tertiary/aromatic N) is 1. The standard InChI is InChI=1S/C15H20ClNO3/c16-14(20)15(8-4-1-5-9-15)17-12(18)10-6-2-3-7-11(10)13(17)19/h10-11H,1-9H2. The number of imide groups is 1. The van der Waals surface area contributed by atoms with Gasteiger partial charge in [-0.2, -0.15) is 0 Å². The molecule has 0 aromatic carbocycles. The lowest BCUT2D eigenvalue weighted by Crippen LogP contribution is -2.57. The summed E-state index contributed by atoms with van der Waals surface area (Å²) in [5, 5.41) is -0.530. The van der Waals surface area contributed by atoms with Crippen molar-refractivity contribution >= 4 is 28.7 Å². The van der Waals surface area contributed by atoms with Crippen LogP contribution >= 0.6 is 11.6 Å². The second-order valence-electron chi connectivity index (χ2n) is 6.38. The van der Waals surface area contributed by atoms with Crippen molar-refractivity contribution in [2.24, 2.45) is 11.8 Å². The Kier molecular flexibility index (Phi) is 3.61. The molecule has 20 heavy (non-hydrogen) atoms.